The highest BCUT2D eigenvalue weighted by Gasteiger charge is 2.26. The molecular formula is C9H12N4OS. The minimum Gasteiger partial charge on any atom is -0.336 e. The van der Waals surface area contributed by atoms with E-state index in [-0.39, 0.29) is 6.03 Å². The molecule has 1 fully saturated rings. The quantitative estimate of drug-likeness (QED) is 0.722. The number of rotatable bonds is 1. The monoisotopic (exact) mass is 224 g/mol. The number of amides is 2. The molecule has 0 spiro atoms. The van der Waals surface area contributed by atoms with Gasteiger partial charge in [0.25, 0.3) is 0 Å². The maximum atomic E-state index is 11.5. The van der Waals surface area contributed by atoms with Crippen molar-refractivity contribution in [1.29, 1.82) is 0 Å². The van der Waals surface area contributed by atoms with Crippen LogP contribution in [0.1, 0.15) is 10.6 Å². The Morgan fingerprint density at radius 1 is 1.40 bits per heavy atom. The van der Waals surface area contributed by atoms with Crippen molar-refractivity contribution >= 4 is 22.5 Å². The molecule has 0 bridgehead atoms. The van der Waals surface area contributed by atoms with E-state index >= 15 is 0 Å². The molecule has 80 valence electrons. The Kier molecular flexibility index (Phi) is 2.10. The van der Waals surface area contributed by atoms with E-state index in [1.54, 1.807) is 16.2 Å². The van der Waals surface area contributed by atoms with Crippen LogP contribution in [0.3, 0.4) is 0 Å². The van der Waals surface area contributed by atoms with E-state index in [9.17, 15) is 4.79 Å². The van der Waals surface area contributed by atoms with E-state index in [2.05, 4.69) is 15.6 Å². The summed E-state index contributed by atoms with van der Waals surface area (Å²) in [5.74, 6) is 0. The van der Waals surface area contributed by atoms with E-state index in [4.69, 9.17) is 0 Å². The van der Waals surface area contributed by atoms with Gasteiger partial charge >= 0.3 is 6.03 Å². The lowest BCUT2D eigenvalue weighted by molar-refractivity contribution is 0.252. The number of aromatic nitrogens is 1. The fourth-order valence-corrected chi connectivity index (χ4v) is 2.98. The van der Waals surface area contributed by atoms with Crippen molar-refractivity contribution in [1.82, 2.24) is 15.6 Å². The molecule has 2 N–H and O–H groups in total. The average Bonchev–Trinajstić information content (AvgIpc) is 2.82. The van der Waals surface area contributed by atoms with Gasteiger partial charge in [0.15, 0.2) is 5.13 Å². The molecule has 0 atom stereocenters. The topological polar surface area (TPSA) is 57.3 Å². The van der Waals surface area contributed by atoms with Crippen LogP contribution in [0.25, 0.3) is 0 Å². The van der Waals surface area contributed by atoms with Gasteiger partial charge in [0.1, 0.15) is 0 Å². The molecule has 1 aromatic heterocycles. The maximum absolute atomic E-state index is 11.5. The average molecular weight is 224 g/mol. The van der Waals surface area contributed by atoms with Gasteiger partial charge in [0.05, 0.1) is 5.69 Å². The Hall–Kier alpha value is -1.14. The summed E-state index contributed by atoms with van der Waals surface area (Å²) < 4.78 is 0. The van der Waals surface area contributed by atoms with Gasteiger partial charge in [-0.3, -0.25) is 4.90 Å². The first-order valence-corrected chi connectivity index (χ1v) is 5.91. The second kappa shape index (κ2) is 3.46. The summed E-state index contributed by atoms with van der Waals surface area (Å²) in [6, 6.07) is -0.0194. The third-order valence-corrected chi connectivity index (χ3v) is 3.80. The molecule has 2 amide bonds. The van der Waals surface area contributed by atoms with Crippen LogP contribution < -0.4 is 15.5 Å². The number of hydrogen-bond donors (Lipinski definition) is 2. The van der Waals surface area contributed by atoms with Crippen LogP contribution in [-0.2, 0) is 13.0 Å². The minimum atomic E-state index is -0.0194. The number of anilines is 1. The van der Waals surface area contributed by atoms with Gasteiger partial charge in [0, 0.05) is 37.5 Å². The fourth-order valence-electron chi connectivity index (χ4n) is 1.88. The molecule has 15 heavy (non-hydrogen) atoms. The SMILES string of the molecule is O=C1NCCN1c1nc2c(s1)CNCC2. The molecule has 5 nitrogen and oxygen atoms in total. The summed E-state index contributed by atoms with van der Waals surface area (Å²) in [6.07, 6.45) is 0.974. The Labute approximate surface area is 91.5 Å². The van der Waals surface area contributed by atoms with Crippen molar-refractivity contribution in [3.63, 3.8) is 0 Å². The van der Waals surface area contributed by atoms with Crippen LogP contribution in [-0.4, -0.2) is 30.6 Å². The predicted octanol–water partition coefficient (Wildman–Crippen LogP) is 0.318. The second-order valence-corrected chi connectivity index (χ2v) is 4.74. The number of carbonyl (C=O) groups is 1. The molecular weight excluding hydrogens is 212 g/mol. The van der Waals surface area contributed by atoms with Crippen LogP contribution in [0.2, 0.25) is 0 Å². The van der Waals surface area contributed by atoms with Crippen molar-refractivity contribution < 1.29 is 4.79 Å². The third kappa shape index (κ3) is 1.49. The van der Waals surface area contributed by atoms with Crippen molar-refractivity contribution in [2.45, 2.75) is 13.0 Å². The van der Waals surface area contributed by atoms with Crippen LogP contribution >= 0.6 is 11.3 Å². The summed E-state index contributed by atoms with van der Waals surface area (Å²) in [6.45, 7) is 3.34. The Balaban J connectivity index is 1.92. The zero-order valence-corrected chi connectivity index (χ0v) is 9.06. The number of nitrogens with one attached hydrogen (secondary N) is 2. The second-order valence-electron chi connectivity index (χ2n) is 3.68. The first-order chi connectivity index (χ1) is 7.34. The summed E-state index contributed by atoms with van der Waals surface area (Å²) in [7, 11) is 0. The van der Waals surface area contributed by atoms with Crippen molar-refractivity contribution in [2.24, 2.45) is 0 Å². The lowest BCUT2D eigenvalue weighted by Gasteiger charge is -2.09. The molecule has 0 unspecified atom stereocenters. The molecule has 0 aliphatic carbocycles. The number of hydrogen-bond acceptors (Lipinski definition) is 4. The Morgan fingerprint density at radius 3 is 3.07 bits per heavy atom. The lowest BCUT2D eigenvalue weighted by Crippen LogP contribution is -2.27. The van der Waals surface area contributed by atoms with Gasteiger partial charge in [-0.05, 0) is 0 Å². The first kappa shape index (κ1) is 9.11. The molecule has 2 aliphatic heterocycles. The van der Waals surface area contributed by atoms with Crippen LogP contribution in [0.5, 0.6) is 0 Å². The molecule has 2 aliphatic rings. The smallest absolute Gasteiger partial charge is 0.323 e. The Bertz CT molecular complexity index is 379. The largest absolute Gasteiger partial charge is 0.336 e. The van der Waals surface area contributed by atoms with Crippen LogP contribution in [0.15, 0.2) is 0 Å². The van der Waals surface area contributed by atoms with E-state index in [0.717, 1.165) is 43.4 Å². The molecule has 1 aromatic rings. The molecule has 3 rings (SSSR count). The highest BCUT2D eigenvalue weighted by Crippen LogP contribution is 2.28. The van der Waals surface area contributed by atoms with Crippen LogP contribution in [0, 0.1) is 0 Å². The molecule has 0 aromatic carbocycles. The van der Waals surface area contributed by atoms with Gasteiger partial charge in [-0.1, -0.05) is 11.3 Å². The highest BCUT2D eigenvalue weighted by molar-refractivity contribution is 7.15. The normalized spacial score (nSPS) is 20.3. The standard InChI is InChI=1S/C9H12N4OS/c14-8-11-3-4-13(8)9-12-6-1-2-10-5-7(6)15-9/h10H,1-5H2,(H,11,14). The molecule has 6 heteroatoms. The van der Waals surface area contributed by atoms with E-state index in [1.807, 2.05) is 0 Å². The fraction of sp³-hybridized carbons (Fsp3) is 0.556. The highest BCUT2D eigenvalue weighted by atomic mass is 32.1. The third-order valence-electron chi connectivity index (χ3n) is 2.68. The summed E-state index contributed by atoms with van der Waals surface area (Å²) in [5.41, 5.74) is 1.16. The lowest BCUT2D eigenvalue weighted by atomic mass is 10.2. The Morgan fingerprint density at radius 2 is 2.33 bits per heavy atom. The number of fused-ring (bicyclic) bond motifs is 1. The van der Waals surface area contributed by atoms with Crippen LogP contribution in [0.4, 0.5) is 9.93 Å². The number of urea groups is 1. The summed E-state index contributed by atoms with van der Waals surface area (Å²) in [5, 5.41) is 6.94. The van der Waals surface area contributed by atoms with Gasteiger partial charge < -0.3 is 10.6 Å². The zero-order valence-electron chi connectivity index (χ0n) is 8.25. The van der Waals surface area contributed by atoms with Gasteiger partial charge in [-0.25, -0.2) is 9.78 Å². The number of nitrogens with zero attached hydrogens (tertiary/aromatic N) is 2. The van der Waals surface area contributed by atoms with Gasteiger partial charge in [-0.15, -0.1) is 0 Å². The first-order valence-electron chi connectivity index (χ1n) is 5.09. The number of carbonyl (C=O) groups excluding carboxylic acids is 1. The van der Waals surface area contributed by atoms with Crippen molar-refractivity contribution in [3.8, 4) is 0 Å². The minimum absolute atomic E-state index is 0.0194. The van der Waals surface area contributed by atoms with Crippen molar-refractivity contribution in [2.75, 3.05) is 24.5 Å². The summed E-state index contributed by atoms with van der Waals surface area (Å²) in [4.78, 5) is 19.0. The molecule has 0 radical (unpaired) electrons. The summed E-state index contributed by atoms with van der Waals surface area (Å²) >= 11 is 1.63. The zero-order chi connectivity index (χ0) is 10.3. The predicted molar refractivity (Wildman–Crippen MR) is 58.3 cm³/mol. The van der Waals surface area contributed by atoms with Gasteiger partial charge in [-0.2, -0.15) is 0 Å². The maximum Gasteiger partial charge on any atom is 0.323 e. The molecule has 0 saturated carbocycles. The number of thiazole rings is 1. The van der Waals surface area contributed by atoms with E-state index in [0.29, 0.717) is 0 Å². The van der Waals surface area contributed by atoms with E-state index < -0.39 is 0 Å². The molecule has 3 heterocycles. The van der Waals surface area contributed by atoms with E-state index in [1.165, 1.54) is 4.88 Å². The molecule has 1 saturated heterocycles. The van der Waals surface area contributed by atoms with Gasteiger partial charge in [0.2, 0.25) is 0 Å². The van der Waals surface area contributed by atoms with Crippen molar-refractivity contribution in [3.05, 3.63) is 10.6 Å².